The van der Waals surface area contributed by atoms with Crippen LogP contribution in [0.4, 0.5) is 0 Å². The SMILES string of the molecule is CCOC(=O)C(OCC)C(O)c1ccc(O)cc1. The van der Waals surface area contributed by atoms with Crippen LogP contribution in [-0.2, 0) is 14.3 Å². The van der Waals surface area contributed by atoms with E-state index in [4.69, 9.17) is 14.6 Å². The first-order valence-corrected chi connectivity index (χ1v) is 5.85. The van der Waals surface area contributed by atoms with Gasteiger partial charge in [0, 0.05) is 6.61 Å². The molecular formula is C13H18O5. The number of hydrogen-bond donors (Lipinski definition) is 2. The second kappa shape index (κ2) is 6.98. The summed E-state index contributed by atoms with van der Waals surface area (Å²) in [5.41, 5.74) is 0.485. The van der Waals surface area contributed by atoms with Gasteiger partial charge in [-0.2, -0.15) is 0 Å². The Hall–Kier alpha value is -1.59. The molecule has 0 heterocycles. The van der Waals surface area contributed by atoms with Crippen LogP contribution in [0.25, 0.3) is 0 Å². The molecule has 100 valence electrons. The van der Waals surface area contributed by atoms with Gasteiger partial charge in [-0.25, -0.2) is 4.79 Å². The molecule has 2 unspecified atom stereocenters. The third kappa shape index (κ3) is 3.72. The van der Waals surface area contributed by atoms with Crippen LogP contribution in [0.15, 0.2) is 24.3 Å². The standard InChI is InChI=1S/C13H18O5/c1-3-17-12(13(16)18-4-2)11(15)9-5-7-10(14)8-6-9/h5-8,11-12,14-15H,3-4H2,1-2H3. The Morgan fingerprint density at radius 2 is 1.83 bits per heavy atom. The maximum absolute atomic E-state index is 11.7. The highest BCUT2D eigenvalue weighted by Gasteiger charge is 2.29. The number of aliphatic hydroxyl groups is 1. The number of aromatic hydroxyl groups is 1. The second-order valence-corrected chi connectivity index (χ2v) is 3.66. The third-order valence-corrected chi connectivity index (χ3v) is 2.39. The Kier molecular flexibility index (Phi) is 5.61. The number of phenols is 1. The fourth-order valence-corrected chi connectivity index (χ4v) is 1.54. The van der Waals surface area contributed by atoms with E-state index in [0.717, 1.165) is 0 Å². The van der Waals surface area contributed by atoms with E-state index < -0.39 is 18.2 Å². The van der Waals surface area contributed by atoms with Gasteiger partial charge in [-0.15, -0.1) is 0 Å². The maximum Gasteiger partial charge on any atom is 0.338 e. The second-order valence-electron chi connectivity index (χ2n) is 3.66. The van der Waals surface area contributed by atoms with Gasteiger partial charge in [-0.3, -0.25) is 0 Å². The van der Waals surface area contributed by atoms with Crippen LogP contribution in [-0.4, -0.2) is 35.5 Å². The van der Waals surface area contributed by atoms with Gasteiger partial charge in [0.25, 0.3) is 0 Å². The van der Waals surface area contributed by atoms with Crippen molar-refractivity contribution >= 4 is 5.97 Å². The topological polar surface area (TPSA) is 76.0 Å². The minimum atomic E-state index is -1.12. The molecule has 0 amide bonds. The van der Waals surface area contributed by atoms with E-state index in [2.05, 4.69) is 0 Å². The van der Waals surface area contributed by atoms with E-state index in [1.165, 1.54) is 24.3 Å². The summed E-state index contributed by atoms with van der Waals surface area (Å²) in [5, 5.41) is 19.3. The highest BCUT2D eigenvalue weighted by molar-refractivity contribution is 5.75. The maximum atomic E-state index is 11.7. The van der Waals surface area contributed by atoms with E-state index in [1.807, 2.05) is 0 Å². The lowest BCUT2D eigenvalue weighted by atomic mass is 10.0. The van der Waals surface area contributed by atoms with Crippen LogP contribution < -0.4 is 0 Å². The van der Waals surface area contributed by atoms with Crippen molar-refractivity contribution in [1.29, 1.82) is 0 Å². The van der Waals surface area contributed by atoms with E-state index in [0.29, 0.717) is 12.2 Å². The molecule has 0 radical (unpaired) electrons. The van der Waals surface area contributed by atoms with Crippen molar-refractivity contribution in [3.63, 3.8) is 0 Å². The summed E-state index contributed by atoms with van der Waals surface area (Å²) < 4.78 is 10.1. The van der Waals surface area contributed by atoms with E-state index >= 15 is 0 Å². The first kappa shape index (κ1) is 14.5. The van der Waals surface area contributed by atoms with Gasteiger partial charge in [0.15, 0.2) is 6.10 Å². The van der Waals surface area contributed by atoms with Crippen LogP contribution in [0.5, 0.6) is 5.75 Å². The average molecular weight is 254 g/mol. The summed E-state index contributed by atoms with van der Waals surface area (Å²) in [5.74, 6) is -0.505. The monoisotopic (exact) mass is 254 g/mol. The van der Waals surface area contributed by atoms with Gasteiger partial charge in [0.05, 0.1) is 6.61 Å². The molecular weight excluding hydrogens is 236 g/mol. The van der Waals surface area contributed by atoms with E-state index in [9.17, 15) is 9.90 Å². The van der Waals surface area contributed by atoms with Crippen LogP contribution in [0.2, 0.25) is 0 Å². The van der Waals surface area contributed by atoms with Crippen molar-refractivity contribution in [2.24, 2.45) is 0 Å². The number of carbonyl (C=O) groups is 1. The predicted octanol–water partition coefficient (Wildman–Crippen LogP) is 1.39. The summed E-state index contributed by atoms with van der Waals surface area (Å²) in [4.78, 5) is 11.7. The Bertz CT molecular complexity index is 373. The Morgan fingerprint density at radius 1 is 1.22 bits per heavy atom. The summed E-state index contributed by atoms with van der Waals surface area (Å²) in [6.07, 6.45) is -2.18. The van der Waals surface area contributed by atoms with Crippen molar-refractivity contribution in [2.45, 2.75) is 26.1 Å². The molecule has 0 bridgehead atoms. The Balaban J connectivity index is 2.84. The van der Waals surface area contributed by atoms with Crippen molar-refractivity contribution in [1.82, 2.24) is 0 Å². The number of rotatable bonds is 6. The number of carbonyl (C=O) groups excluding carboxylic acids is 1. The molecule has 0 aromatic heterocycles. The molecule has 1 aromatic carbocycles. The number of hydrogen-bond acceptors (Lipinski definition) is 5. The smallest absolute Gasteiger partial charge is 0.338 e. The van der Waals surface area contributed by atoms with Crippen molar-refractivity contribution in [3.05, 3.63) is 29.8 Å². The van der Waals surface area contributed by atoms with Gasteiger partial charge < -0.3 is 19.7 Å². The van der Waals surface area contributed by atoms with Crippen LogP contribution in [0, 0.1) is 0 Å². The molecule has 1 aromatic rings. The zero-order valence-corrected chi connectivity index (χ0v) is 10.5. The largest absolute Gasteiger partial charge is 0.508 e. The molecule has 2 atom stereocenters. The minimum Gasteiger partial charge on any atom is -0.508 e. The lowest BCUT2D eigenvalue weighted by Gasteiger charge is -2.21. The molecule has 0 saturated heterocycles. The normalized spacial score (nSPS) is 13.9. The molecule has 0 spiro atoms. The molecule has 0 saturated carbocycles. The molecule has 0 aliphatic carbocycles. The van der Waals surface area contributed by atoms with Crippen molar-refractivity contribution in [3.8, 4) is 5.75 Å². The lowest BCUT2D eigenvalue weighted by Crippen LogP contribution is -2.33. The first-order valence-electron chi connectivity index (χ1n) is 5.85. The average Bonchev–Trinajstić information content (AvgIpc) is 2.36. The summed E-state index contributed by atoms with van der Waals surface area (Å²) in [7, 11) is 0. The highest BCUT2D eigenvalue weighted by Crippen LogP contribution is 2.22. The van der Waals surface area contributed by atoms with E-state index in [-0.39, 0.29) is 12.4 Å². The number of ether oxygens (including phenoxy) is 2. The minimum absolute atomic E-state index is 0.0926. The molecule has 0 aliphatic heterocycles. The Morgan fingerprint density at radius 3 is 2.33 bits per heavy atom. The van der Waals surface area contributed by atoms with Gasteiger partial charge >= 0.3 is 5.97 Å². The van der Waals surface area contributed by atoms with Crippen LogP contribution in [0.1, 0.15) is 25.5 Å². The molecule has 0 aliphatic rings. The van der Waals surface area contributed by atoms with Crippen LogP contribution in [0.3, 0.4) is 0 Å². The van der Waals surface area contributed by atoms with Gasteiger partial charge in [0.2, 0.25) is 0 Å². The molecule has 5 nitrogen and oxygen atoms in total. The summed E-state index contributed by atoms with van der Waals surface area (Å²) >= 11 is 0. The quantitative estimate of drug-likeness (QED) is 0.750. The molecule has 0 fully saturated rings. The number of phenolic OH excluding ortho intramolecular Hbond substituents is 1. The molecule has 5 heteroatoms. The number of esters is 1. The zero-order chi connectivity index (χ0) is 13.5. The van der Waals surface area contributed by atoms with Crippen molar-refractivity contribution in [2.75, 3.05) is 13.2 Å². The zero-order valence-electron chi connectivity index (χ0n) is 10.5. The Labute approximate surface area is 106 Å². The fourth-order valence-electron chi connectivity index (χ4n) is 1.54. The molecule has 2 N–H and O–H groups in total. The van der Waals surface area contributed by atoms with Crippen LogP contribution >= 0.6 is 0 Å². The van der Waals surface area contributed by atoms with E-state index in [1.54, 1.807) is 13.8 Å². The summed E-state index contributed by atoms with van der Waals surface area (Å²) in [6.45, 7) is 3.94. The molecule has 1 rings (SSSR count). The first-order chi connectivity index (χ1) is 8.60. The molecule has 18 heavy (non-hydrogen) atoms. The lowest BCUT2D eigenvalue weighted by molar-refractivity contribution is -0.164. The van der Waals surface area contributed by atoms with Gasteiger partial charge in [-0.1, -0.05) is 12.1 Å². The highest BCUT2D eigenvalue weighted by atomic mass is 16.6. The summed E-state index contributed by atoms with van der Waals surface area (Å²) in [6, 6.07) is 5.94. The number of benzene rings is 1. The van der Waals surface area contributed by atoms with Gasteiger partial charge in [-0.05, 0) is 31.5 Å². The van der Waals surface area contributed by atoms with Crippen molar-refractivity contribution < 1.29 is 24.5 Å². The third-order valence-electron chi connectivity index (χ3n) is 2.39. The fraction of sp³-hybridized carbons (Fsp3) is 0.462. The van der Waals surface area contributed by atoms with Gasteiger partial charge in [0.1, 0.15) is 11.9 Å². The predicted molar refractivity (Wildman–Crippen MR) is 65.1 cm³/mol. The number of aliphatic hydroxyl groups excluding tert-OH is 1.